The van der Waals surface area contributed by atoms with Gasteiger partial charge in [0.15, 0.2) is 29.8 Å². The molecule has 3 heterocycles. The fourth-order valence-electron chi connectivity index (χ4n) is 5.88. The molecule has 14 N–H and O–H groups in total. The number of phenolic OH excluding ortho intramolecular Hbond substituents is 4. The number of aliphatic hydroxyl groups is 10. The van der Waals surface area contributed by atoms with E-state index in [1.54, 1.807) is 0 Å². The van der Waals surface area contributed by atoms with Crippen LogP contribution in [0.15, 0.2) is 39.5 Å². The smallest absolute Gasteiger partial charge is 0.239 e. The van der Waals surface area contributed by atoms with Crippen LogP contribution < -0.4 is 10.2 Å². The maximum atomic E-state index is 13.8. The summed E-state index contributed by atoms with van der Waals surface area (Å²) in [5.74, 6) is -3.67. The summed E-state index contributed by atoms with van der Waals surface area (Å²) in [6.07, 6.45) is -25.5. The zero-order valence-corrected chi connectivity index (χ0v) is 28.2. The van der Waals surface area contributed by atoms with Crippen LogP contribution in [0.3, 0.4) is 0 Å². The average Bonchev–Trinajstić information content (AvgIpc) is 3.13. The number of benzene rings is 2. The van der Waals surface area contributed by atoms with Crippen molar-refractivity contribution in [3.05, 3.63) is 40.6 Å². The van der Waals surface area contributed by atoms with E-state index in [1.807, 2.05) is 0 Å². The minimum atomic E-state index is -2.28. The van der Waals surface area contributed by atoms with E-state index in [-0.39, 0.29) is 11.1 Å². The van der Waals surface area contributed by atoms with E-state index in [0.717, 1.165) is 24.3 Å². The second kappa shape index (κ2) is 16.8. The molecule has 13 unspecified atom stereocenters. The van der Waals surface area contributed by atoms with Crippen LogP contribution in [0.1, 0.15) is 6.92 Å². The van der Waals surface area contributed by atoms with Crippen molar-refractivity contribution in [3.63, 3.8) is 0 Å². The van der Waals surface area contributed by atoms with Gasteiger partial charge in [-0.2, -0.15) is 0 Å². The Morgan fingerprint density at radius 1 is 0.741 bits per heavy atom. The lowest BCUT2D eigenvalue weighted by Gasteiger charge is -2.42. The molecular formula is C33H42O21. The van der Waals surface area contributed by atoms with E-state index in [4.69, 9.17) is 28.1 Å². The molecule has 21 nitrogen and oxygen atoms in total. The third-order valence-corrected chi connectivity index (χ3v) is 9.07. The number of aliphatic hydroxyl groups excluding tert-OH is 10. The molecule has 2 aliphatic rings. The molecule has 2 fully saturated rings. The van der Waals surface area contributed by atoms with E-state index in [2.05, 4.69) is 0 Å². The number of fused-ring (bicyclic) bond motifs is 1. The highest BCUT2D eigenvalue weighted by atomic mass is 16.7. The van der Waals surface area contributed by atoms with Crippen molar-refractivity contribution in [2.75, 3.05) is 19.8 Å². The van der Waals surface area contributed by atoms with Crippen molar-refractivity contribution in [2.24, 2.45) is 0 Å². The molecule has 2 aromatic carbocycles. The molecule has 0 aliphatic carbocycles. The summed E-state index contributed by atoms with van der Waals surface area (Å²) in [4.78, 5) is 13.8. The Labute approximate surface area is 303 Å². The predicted molar refractivity (Wildman–Crippen MR) is 175 cm³/mol. The van der Waals surface area contributed by atoms with Gasteiger partial charge in [-0.25, -0.2) is 0 Å². The summed E-state index contributed by atoms with van der Waals surface area (Å²) >= 11 is 0. The maximum Gasteiger partial charge on any atom is 0.239 e. The number of ether oxygens (including phenoxy) is 5. The first kappa shape index (κ1) is 41.3. The van der Waals surface area contributed by atoms with Crippen molar-refractivity contribution in [2.45, 2.75) is 92.8 Å². The Hall–Kier alpha value is -3.91. The van der Waals surface area contributed by atoms with Crippen molar-refractivity contribution in [1.82, 2.24) is 0 Å². The fraction of sp³-hybridized carbons (Fsp3) is 0.545. The van der Waals surface area contributed by atoms with Crippen LogP contribution in [0.5, 0.6) is 28.7 Å². The standard InChI is InChI=1S/C33H42O21/c1-10-21(40)26(45)28(47)32(51-10)50-8-16(39)22(41)24(43)19(54-33-29(48)27(46)23(42)18(7-34)53-33)9-49-31-25(44)20-15(38)5-12(35)6-17(20)52-30(31)11-2-3-13(36)14(37)4-11/h2-6,10,16,18-19,21-24,26-29,32-43,45-48H,7-9H2,1H3/t10?,16?,18?,19-,21?,22?,23?,24?,26?,27?,28?,29?,32?,33?/m1/s1. The molecule has 14 atom stereocenters. The molecule has 2 aliphatic heterocycles. The number of hydrogen-bond acceptors (Lipinski definition) is 21. The molecule has 0 amide bonds. The van der Waals surface area contributed by atoms with Crippen molar-refractivity contribution < 1.29 is 99.6 Å². The lowest BCUT2D eigenvalue weighted by Crippen LogP contribution is -2.61. The van der Waals surface area contributed by atoms with Crippen LogP contribution >= 0.6 is 0 Å². The number of hydrogen-bond donors (Lipinski definition) is 14. The Morgan fingerprint density at radius 2 is 1.41 bits per heavy atom. The average molecular weight is 775 g/mol. The fourth-order valence-corrected chi connectivity index (χ4v) is 5.88. The number of phenols is 4. The van der Waals surface area contributed by atoms with Gasteiger partial charge < -0.3 is 99.6 Å². The molecule has 3 aromatic rings. The first-order valence-electron chi connectivity index (χ1n) is 16.4. The van der Waals surface area contributed by atoms with E-state index in [0.29, 0.717) is 0 Å². The molecule has 0 spiro atoms. The molecule has 0 bridgehead atoms. The highest BCUT2D eigenvalue weighted by molar-refractivity contribution is 5.88. The second-order valence-electron chi connectivity index (χ2n) is 12.9. The van der Waals surface area contributed by atoms with Gasteiger partial charge in [0.1, 0.15) is 96.2 Å². The lowest BCUT2D eigenvalue weighted by atomic mass is 9.98. The van der Waals surface area contributed by atoms with Crippen LogP contribution in [0.25, 0.3) is 22.3 Å². The molecule has 300 valence electrons. The van der Waals surface area contributed by atoms with Crippen LogP contribution in [-0.4, -0.2) is 177 Å². The van der Waals surface area contributed by atoms with Gasteiger partial charge >= 0.3 is 0 Å². The quantitative estimate of drug-likeness (QED) is 0.0732. The van der Waals surface area contributed by atoms with Crippen molar-refractivity contribution in [3.8, 4) is 40.1 Å². The van der Waals surface area contributed by atoms with Gasteiger partial charge in [0.05, 0.1) is 19.3 Å². The van der Waals surface area contributed by atoms with E-state index in [1.165, 1.54) is 13.0 Å². The first-order valence-corrected chi connectivity index (χ1v) is 16.4. The summed E-state index contributed by atoms with van der Waals surface area (Å²) < 4.78 is 33.1. The van der Waals surface area contributed by atoms with Crippen LogP contribution in [0, 0.1) is 0 Å². The molecular weight excluding hydrogens is 732 g/mol. The highest BCUT2D eigenvalue weighted by Gasteiger charge is 2.47. The van der Waals surface area contributed by atoms with Crippen molar-refractivity contribution >= 4 is 11.0 Å². The molecule has 21 heteroatoms. The minimum Gasteiger partial charge on any atom is -0.508 e. The first-order chi connectivity index (χ1) is 25.4. The molecule has 0 radical (unpaired) electrons. The van der Waals surface area contributed by atoms with Crippen LogP contribution in [-0.2, 0) is 18.9 Å². The SMILES string of the molecule is CC1OC(OCC(O)C(O)C(O)[C@@H](COc2c(-c3ccc(O)c(O)c3)oc3cc(O)cc(O)c3c2=O)OC2OC(CO)C(O)C(O)C2O)C(O)C(O)C1O. The zero-order chi connectivity index (χ0) is 39.8. The van der Waals surface area contributed by atoms with Gasteiger partial charge in [-0.15, -0.1) is 0 Å². The van der Waals surface area contributed by atoms with Crippen LogP contribution in [0.4, 0.5) is 0 Å². The van der Waals surface area contributed by atoms with E-state index in [9.17, 15) is 76.3 Å². The van der Waals surface area contributed by atoms with Gasteiger partial charge in [0.25, 0.3) is 0 Å². The normalized spacial score (nSPS) is 31.2. The van der Waals surface area contributed by atoms with Crippen LogP contribution in [0.2, 0.25) is 0 Å². The Kier molecular flexibility index (Phi) is 12.9. The summed E-state index contributed by atoms with van der Waals surface area (Å²) in [6.45, 7) is -1.41. The maximum absolute atomic E-state index is 13.8. The predicted octanol–water partition coefficient (Wildman–Crippen LogP) is -4.23. The molecule has 54 heavy (non-hydrogen) atoms. The summed E-state index contributed by atoms with van der Waals surface area (Å²) in [6, 6.07) is 5.01. The van der Waals surface area contributed by atoms with Crippen molar-refractivity contribution in [1.29, 1.82) is 0 Å². The third kappa shape index (κ3) is 8.34. The van der Waals surface area contributed by atoms with E-state index < -0.39 is 151 Å². The molecule has 1 aromatic heterocycles. The molecule has 0 saturated carbocycles. The van der Waals surface area contributed by atoms with Gasteiger partial charge in [0.2, 0.25) is 11.2 Å². The topological polar surface area (TPSA) is 360 Å². The minimum absolute atomic E-state index is 0.0965. The summed E-state index contributed by atoms with van der Waals surface area (Å²) in [5, 5.41) is 144. The second-order valence-corrected chi connectivity index (χ2v) is 12.9. The molecule has 5 rings (SSSR count). The Balaban J connectivity index is 1.47. The third-order valence-electron chi connectivity index (χ3n) is 9.07. The monoisotopic (exact) mass is 774 g/mol. The van der Waals surface area contributed by atoms with Gasteiger partial charge in [0, 0.05) is 17.7 Å². The Bertz CT molecular complexity index is 1800. The number of aromatic hydroxyl groups is 4. The summed E-state index contributed by atoms with van der Waals surface area (Å²) in [7, 11) is 0. The highest BCUT2D eigenvalue weighted by Crippen LogP contribution is 2.38. The van der Waals surface area contributed by atoms with Gasteiger partial charge in [-0.3, -0.25) is 4.79 Å². The van der Waals surface area contributed by atoms with E-state index >= 15 is 0 Å². The summed E-state index contributed by atoms with van der Waals surface area (Å²) in [5.41, 5.74) is -1.54. The van der Waals surface area contributed by atoms with Gasteiger partial charge in [-0.05, 0) is 25.1 Å². The zero-order valence-electron chi connectivity index (χ0n) is 28.2. The number of rotatable bonds is 13. The lowest BCUT2D eigenvalue weighted by molar-refractivity contribution is -0.323. The van der Waals surface area contributed by atoms with Gasteiger partial charge in [-0.1, -0.05) is 0 Å². The largest absolute Gasteiger partial charge is 0.508 e. The molecule has 2 saturated heterocycles. The Morgan fingerprint density at radius 3 is 2.07 bits per heavy atom.